The predicted octanol–water partition coefficient (Wildman–Crippen LogP) is 2.17. The second-order valence-corrected chi connectivity index (χ2v) is 3.27. The highest BCUT2D eigenvalue weighted by molar-refractivity contribution is 5.94. The van der Waals surface area contributed by atoms with Gasteiger partial charge in [0.05, 0.1) is 4.92 Å². The summed E-state index contributed by atoms with van der Waals surface area (Å²) >= 11 is 0. The number of aromatic carboxylic acids is 1. The zero-order valence-electron chi connectivity index (χ0n) is 9.17. The maximum Gasteiger partial charge on any atom is 0.342 e. The van der Waals surface area contributed by atoms with Crippen molar-refractivity contribution in [1.29, 1.82) is 0 Å². The summed E-state index contributed by atoms with van der Waals surface area (Å²) in [6.45, 7) is 5.11. The highest BCUT2D eigenvalue weighted by Gasteiger charge is 2.27. The minimum atomic E-state index is -1.36. The SMILES string of the molecule is C=CCOc1c(C)ccc(C(=O)O)c1[N+](=O)[O-]. The zero-order valence-corrected chi connectivity index (χ0v) is 9.17. The van der Waals surface area contributed by atoms with Gasteiger partial charge in [-0.1, -0.05) is 18.7 Å². The van der Waals surface area contributed by atoms with Crippen molar-refractivity contribution in [2.45, 2.75) is 6.92 Å². The van der Waals surface area contributed by atoms with Gasteiger partial charge in [-0.3, -0.25) is 10.1 Å². The number of nitrogens with zero attached hydrogens (tertiary/aromatic N) is 1. The Morgan fingerprint density at radius 2 is 2.29 bits per heavy atom. The molecule has 0 saturated heterocycles. The van der Waals surface area contributed by atoms with Gasteiger partial charge in [0.15, 0.2) is 0 Å². The molecule has 0 amide bonds. The Kier molecular flexibility index (Phi) is 3.82. The van der Waals surface area contributed by atoms with Crippen molar-refractivity contribution in [2.24, 2.45) is 0 Å². The lowest BCUT2D eigenvalue weighted by molar-refractivity contribution is -0.386. The summed E-state index contributed by atoms with van der Waals surface area (Å²) in [6.07, 6.45) is 1.43. The summed E-state index contributed by atoms with van der Waals surface area (Å²) in [5.74, 6) is -1.39. The summed E-state index contributed by atoms with van der Waals surface area (Å²) in [6, 6.07) is 2.66. The van der Waals surface area contributed by atoms with Crippen LogP contribution in [0.3, 0.4) is 0 Å². The van der Waals surface area contributed by atoms with Gasteiger partial charge in [-0.25, -0.2) is 4.79 Å². The van der Waals surface area contributed by atoms with Crippen molar-refractivity contribution in [3.8, 4) is 5.75 Å². The van der Waals surface area contributed by atoms with Gasteiger partial charge in [0, 0.05) is 0 Å². The normalized spacial score (nSPS) is 9.71. The number of aryl methyl sites for hydroxylation is 1. The maximum atomic E-state index is 10.9. The molecule has 0 heterocycles. The fraction of sp³-hybridized carbons (Fsp3) is 0.182. The number of ether oxygens (including phenoxy) is 1. The molecule has 0 saturated carbocycles. The van der Waals surface area contributed by atoms with Crippen LogP contribution < -0.4 is 4.74 Å². The zero-order chi connectivity index (χ0) is 13.0. The largest absolute Gasteiger partial charge is 0.482 e. The number of carboxylic acid groups (broad SMARTS) is 1. The number of carbonyl (C=O) groups is 1. The van der Waals surface area contributed by atoms with Crippen molar-refractivity contribution in [3.05, 3.63) is 46.0 Å². The Morgan fingerprint density at radius 1 is 1.65 bits per heavy atom. The lowest BCUT2D eigenvalue weighted by Gasteiger charge is -2.09. The molecule has 6 heteroatoms. The van der Waals surface area contributed by atoms with E-state index in [0.717, 1.165) is 0 Å². The highest BCUT2D eigenvalue weighted by atomic mass is 16.6. The van der Waals surface area contributed by atoms with Crippen molar-refractivity contribution >= 4 is 11.7 Å². The van der Waals surface area contributed by atoms with Gasteiger partial charge in [-0.2, -0.15) is 0 Å². The van der Waals surface area contributed by atoms with E-state index in [2.05, 4.69) is 6.58 Å². The Bertz CT molecular complexity index is 481. The van der Waals surface area contributed by atoms with Gasteiger partial charge >= 0.3 is 11.7 Å². The third-order valence-electron chi connectivity index (χ3n) is 2.09. The average Bonchev–Trinajstić information content (AvgIpc) is 2.26. The molecule has 90 valence electrons. The molecular weight excluding hydrogens is 226 g/mol. The standard InChI is InChI=1S/C11H11NO5/c1-3-6-17-10-7(2)4-5-8(11(13)14)9(10)12(15)16/h3-5H,1,6H2,2H3,(H,13,14). The van der Waals surface area contributed by atoms with Gasteiger partial charge in [0.2, 0.25) is 5.75 Å². The summed E-state index contributed by atoms with van der Waals surface area (Å²) in [7, 11) is 0. The molecular formula is C11H11NO5. The highest BCUT2D eigenvalue weighted by Crippen LogP contribution is 2.34. The van der Waals surface area contributed by atoms with Crippen LogP contribution in [0.2, 0.25) is 0 Å². The molecule has 1 rings (SSSR count). The number of hydrogen-bond donors (Lipinski definition) is 1. The number of carboxylic acids is 1. The number of rotatable bonds is 5. The molecule has 1 aromatic carbocycles. The summed E-state index contributed by atoms with van der Waals surface area (Å²) in [5, 5.41) is 19.8. The third kappa shape index (κ3) is 2.60. The Hall–Kier alpha value is -2.37. The fourth-order valence-corrected chi connectivity index (χ4v) is 1.35. The van der Waals surface area contributed by atoms with Crippen molar-refractivity contribution < 1.29 is 19.6 Å². The van der Waals surface area contributed by atoms with E-state index in [9.17, 15) is 14.9 Å². The lowest BCUT2D eigenvalue weighted by Crippen LogP contribution is -2.07. The van der Waals surface area contributed by atoms with E-state index in [1.807, 2.05) is 0 Å². The molecule has 0 spiro atoms. The monoisotopic (exact) mass is 237 g/mol. The minimum absolute atomic E-state index is 0.0326. The second kappa shape index (κ2) is 5.11. The molecule has 0 atom stereocenters. The van der Waals surface area contributed by atoms with E-state index in [1.165, 1.54) is 18.2 Å². The molecule has 0 fully saturated rings. The molecule has 0 aliphatic rings. The first-order chi connectivity index (χ1) is 7.99. The summed E-state index contributed by atoms with van der Waals surface area (Å²) in [4.78, 5) is 21.0. The average molecular weight is 237 g/mol. The number of hydrogen-bond acceptors (Lipinski definition) is 4. The van der Waals surface area contributed by atoms with Crippen LogP contribution in [0.5, 0.6) is 5.75 Å². The topological polar surface area (TPSA) is 89.7 Å². The van der Waals surface area contributed by atoms with Crippen LogP contribution in [-0.4, -0.2) is 22.6 Å². The van der Waals surface area contributed by atoms with Crippen molar-refractivity contribution in [3.63, 3.8) is 0 Å². The molecule has 1 aromatic rings. The first-order valence-electron chi connectivity index (χ1n) is 4.74. The molecule has 1 N–H and O–H groups in total. The molecule has 0 bridgehead atoms. The molecule has 0 unspecified atom stereocenters. The molecule has 6 nitrogen and oxygen atoms in total. The van der Waals surface area contributed by atoms with Crippen LogP contribution in [0, 0.1) is 17.0 Å². The van der Waals surface area contributed by atoms with E-state index in [0.29, 0.717) is 5.56 Å². The minimum Gasteiger partial charge on any atom is -0.482 e. The maximum absolute atomic E-state index is 10.9. The first-order valence-corrected chi connectivity index (χ1v) is 4.74. The van der Waals surface area contributed by atoms with Crippen molar-refractivity contribution in [2.75, 3.05) is 6.61 Å². The van der Waals surface area contributed by atoms with E-state index >= 15 is 0 Å². The quantitative estimate of drug-likeness (QED) is 0.481. The van der Waals surface area contributed by atoms with Crippen LogP contribution in [0.4, 0.5) is 5.69 Å². The Balaban J connectivity index is 3.42. The van der Waals surface area contributed by atoms with Crippen LogP contribution >= 0.6 is 0 Å². The lowest BCUT2D eigenvalue weighted by atomic mass is 10.1. The molecule has 17 heavy (non-hydrogen) atoms. The molecule has 0 aliphatic carbocycles. The van der Waals surface area contributed by atoms with E-state index < -0.39 is 16.6 Å². The van der Waals surface area contributed by atoms with Gasteiger partial charge < -0.3 is 9.84 Å². The molecule has 0 aromatic heterocycles. The van der Waals surface area contributed by atoms with Crippen molar-refractivity contribution in [1.82, 2.24) is 0 Å². The number of benzene rings is 1. The van der Waals surface area contributed by atoms with Gasteiger partial charge in [0.1, 0.15) is 12.2 Å². The molecule has 0 aliphatic heterocycles. The van der Waals surface area contributed by atoms with Gasteiger partial charge in [-0.05, 0) is 18.6 Å². The first kappa shape index (κ1) is 12.7. The van der Waals surface area contributed by atoms with E-state index in [1.54, 1.807) is 6.92 Å². The van der Waals surface area contributed by atoms with Crippen LogP contribution in [0.1, 0.15) is 15.9 Å². The van der Waals surface area contributed by atoms with Gasteiger partial charge in [0.25, 0.3) is 0 Å². The number of nitro groups is 1. The van der Waals surface area contributed by atoms with Crippen LogP contribution in [0.15, 0.2) is 24.8 Å². The fourth-order valence-electron chi connectivity index (χ4n) is 1.35. The summed E-state index contributed by atoms with van der Waals surface area (Å²) in [5.41, 5.74) is -0.414. The second-order valence-electron chi connectivity index (χ2n) is 3.27. The number of nitro benzene ring substituents is 1. The van der Waals surface area contributed by atoms with Crippen LogP contribution in [-0.2, 0) is 0 Å². The van der Waals surface area contributed by atoms with Gasteiger partial charge in [-0.15, -0.1) is 0 Å². The smallest absolute Gasteiger partial charge is 0.342 e. The van der Waals surface area contributed by atoms with E-state index in [4.69, 9.17) is 9.84 Å². The van der Waals surface area contributed by atoms with Crippen LogP contribution in [0.25, 0.3) is 0 Å². The Labute approximate surface area is 97.3 Å². The third-order valence-corrected chi connectivity index (χ3v) is 2.09. The molecule has 0 radical (unpaired) electrons. The Morgan fingerprint density at radius 3 is 2.76 bits per heavy atom. The van der Waals surface area contributed by atoms with E-state index in [-0.39, 0.29) is 17.9 Å². The summed E-state index contributed by atoms with van der Waals surface area (Å²) < 4.78 is 5.15. The predicted molar refractivity (Wildman–Crippen MR) is 60.5 cm³/mol.